The topological polar surface area (TPSA) is 43.6 Å². The van der Waals surface area contributed by atoms with Crippen molar-refractivity contribution in [3.63, 3.8) is 0 Å². The molecule has 0 spiro atoms. The molecule has 0 N–H and O–H groups in total. The third kappa shape index (κ3) is 4.33. The van der Waals surface area contributed by atoms with E-state index in [0.717, 1.165) is 34.0 Å². The van der Waals surface area contributed by atoms with Crippen molar-refractivity contribution in [3.05, 3.63) is 59.9 Å². The first kappa shape index (κ1) is 18.4. The number of rotatable bonds is 7. The first-order valence-electron chi connectivity index (χ1n) is 9.52. The summed E-state index contributed by atoms with van der Waals surface area (Å²) in [4.78, 5) is 4.79. The Hall–Kier alpha value is -1.92. The van der Waals surface area contributed by atoms with E-state index in [0.29, 0.717) is 5.92 Å². The Morgan fingerprint density at radius 1 is 1.15 bits per heavy atom. The summed E-state index contributed by atoms with van der Waals surface area (Å²) in [5.41, 5.74) is 2.27. The van der Waals surface area contributed by atoms with Crippen molar-refractivity contribution < 1.29 is 0 Å². The van der Waals surface area contributed by atoms with E-state index in [-0.39, 0.29) is 0 Å². The monoisotopic (exact) mass is 396 g/mol. The van der Waals surface area contributed by atoms with Gasteiger partial charge in [0.05, 0.1) is 5.69 Å². The Morgan fingerprint density at radius 2 is 1.96 bits per heavy atom. The lowest BCUT2D eigenvalue weighted by molar-refractivity contribution is 0.415. The van der Waals surface area contributed by atoms with Crippen LogP contribution in [0.2, 0.25) is 0 Å². The van der Waals surface area contributed by atoms with E-state index in [1.54, 1.807) is 23.1 Å². The summed E-state index contributed by atoms with van der Waals surface area (Å²) in [6.45, 7) is 4.69. The van der Waals surface area contributed by atoms with E-state index in [1.807, 2.05) is 12.1 Å². The molecular weight excluding hydrogens is 372 g/mol. The van der Waals surface area contributed by atoms with Crippen molar-refractivity contribution in [2.75, 3.05) is 0 Å². The average Bonchev–Trinajstić information content (AvgIpc) is 3.35. The van der Waals surface area contributed by atoms with Crippen LogP contribution in [0.1, 0.15) is 49.5 Å². The van der Waals surface area contributed by atoms with Gasteiger partial charge >= 0.3 is 0 Å². The van der Waals surface area contributed by atoms with E-state index in [9.17, 15) is 0 Å². The molecule has 0 aliphatic heterocycles. The third-order valence-corrected chi connectivity index (χ3v) is 6.89. The second kappa shape index (κ2) is 8.85. The number of aromatic nitrogens is 4. The number of hydrogen-bond acceptors (Lipinski definition) is 5. The fourth-order valence-electron chi connectivity index (χ4n) is 3.60. The first-order chi connectivity index (χ1) is 13.3. The highest BCUT2D eigenvalue weighted by Gasteiger charge is 2.23. The number of thioether (sulfide) groups is 1. The molecule has 1 fully saturated rings. The predicted octanol–water partition coefficient (Wildman–Crippen LogP) is 5.93. The average molecular weight is 397 g/mol. The van der Waals surface area contributed by atoms with E-state index < -0.39 is 0 Å². The van der Waals surface area contributed by atoms with Crippen LogP contribution < -0.4 is 0 Å². The van der Waals surface area contributed by atoms with Crippen LogP contribution in [0.4, 0.5) is 0 Å². The number of thiazole rings is 1. The van der Waals surface area contributed by atoms with Gasteiger partial charge < -0.3 is 4.57 Å². The van der Waals surface area contributed by atoms with Gasteiger partial charge in [-0.3, -0.25) is 0 Å². The summed E-state index contributed by atoms with van der Waals surface area (Å²) in [5, 5.41) is 13.2. The lowest BCUT2D eigenvalue weighted by Gasteiger charge is -2.21. The highest BCUT2D eigenvalue weighted by atomic mass is 32.2. The van der Waals surface area contributed by atoms with Gasteiger partial charge in [-0.2, -0.15) is 0 Å². The molecule has 1 saturated carbocycles. The number of benzene rings is 1. The maximum Gasteiger partial charge on any atom is 0.191 e. The number of nitrogens with zero attached hydrogens (tertiary/aromatic N) is 4. The Bertz CT molecular complexity index is 879. The van der Waals surface area contributed by atoms with E-state index in [1.165, 1.54) is 37.7 Å². The normalized spacial score (nSPS) is 15.1. The van der Waals surface area contributed by atoms with Crippen molar-refractivity contribution in [2.45, 2.75) is 55.5 Å². The van der Waals surface area contributed by atoms with Gasteiger partial charge in [0.2, 0.25) is 0 Å². The molecule has 0 unspecified atom stereocenters. The zero-order chi connectivity index (χ0) is 18.5. The quantitative estimate of drug-likeness (QED) is 0.367. The predicted molar refractivity (Wildman–Crippen MR) is 113 cm³/mol. The molecule has 0 saturated heterocycles. The van der Waals surface area contributed by atoms with Crippen molar-refractivity contribution >= 4 is 23.1 Å². The van der Waals surface area contributed by atoms with E-state index >= 15 is 0 Å². The SMILES string of the molecule is C=CCn1c(SCc2csc(-c3ccccc3)n2)nnc1C1CCCCC1. The van der Waals surface area contributed by atoms with Crippen molar-refractivity contribution in [1.82, 2.24) is 19.7 Å². The Morgan fingerprint density at radius 3 is 2.74 bits per heavy atom. The molecule has 0 radical (unpaired) electrons. The summed E-state index contributed by atoms with van der Waals surface area (Å²) in [6.07, 6.45) is 8.35. The highest BCUT2D eigenvalue weighted by Crippen LogP contribution is 2.34. The van der Waals surface area contributed by atoms with Crippen molar-refractivity contribution in [1.29, 1.82) is 0 Å². The molecule has 0 atom stereocenters. The number of hydrogen-bond donors (Lipinski definition) is 0. The van der Waals surface area contributed by atoms with Gasteiger partial charge in [0.1, 0.15) is 10.8 Å². The lowest BCUT2D eigenvalue weighted by atomic mass is 9.89. The molecular formula is C21H24N4S2. The second-order valence-corrected chi connectivity index (χ2v) is 8.67. The molecule has 2 aromatic heterocycles. The standard InChI is InChI=1S/C21H24N4S2/c1-2-13-25-19(16-9-5-3-6-10-16)23-24-21(25)27-15-18-14-26-20(22-18)17-11-7-4-8-12-17/h2,4,7-8,11-12,14,16H,1,3,5-6,9-10,13,15H2. The van der Waals surface area contributed by atoms with Gasteiger partial charge in [0.15, 0.2) is 5.16 Å². The smallest absolute Gasteiger partial charge is 0.191 e. The largest absolute Gasteiger partial charge is 0.302 e. The molecule has 4 nitrogen and oxygen atoms in total. The molecule has 140 valence electrons. The van der Waals surface area contributed by atoms with E-state index in [2.05, 4.69) is 51.0 Å². The van der Waals surface area contributed by atoms with Gasteiger partial charge in [-0.25, -0.2) is 4.98 Å². The molecule has 27 heavy (non-hydrogen) atoms. The first-order valence-corrected chi connectivity index (χ1v) is 11.4. The van der Waals surface area contributed by atoms with Crippen LogP contribution in [0, 0.1) is 0 Å². The zero-order valence-corrected chi connectivity index (χ0v) is 17.0. The number of allylic oxidation sites excluding steroid dienone is 1. The summed E-state index contributed by atoms with van der Waals surface area (Å²) >= 11 is 3.42. The van der Waals surface area contributed by atoms with Crippen LogP contribution >= 0.6 is 23.1 Å². The van der Waals surface area contributed by atoms with Crippen LogP contribution in [0.15, 0.2) is 53.5 Å². The minimum absolute atomic E-state index is 0.546. The lowest BCUT2D eigenvalue weighted by Crippen LogP contribution is -2.12. The van der Waals surface area contributed by atoms with Crippen molar-refractivity contribution in [2.24, 2.45) is 0 Å². The second-order valence-electron chi connectivity index (χ2n) is 6.87. The van der Waals surface area contributed by atoms with Crippen molar-refractivity contribution in [3.8, 4) is 10.6 Å². The summed E-state index contributed by atoms with van der Waals surface area (Å²) < 4.78 is 2.25. The maximum absolute atomic E-state index is 4.79. The molecule has 1 aliphatic rings. The minimum atomic E-state index is 0.546. The Kier molecular flexibility index (Phi) is 6.04. The third-order valence-electron chi connectivity index (χ3n) is 4.95. The van der Waals surface area contributed by atoms with Crippen LogP contribution in [-0.2, 0) is 12.3 Å². The van der Waals surface area contributed by atoms with Gasteiger partial charge in [-0.15, -0.1) is 28.1 Å². The van der Waals surface area contributed by atoms with Gasteiger partial charge in [-0.1, -0.05) is 67.4 Å². The molecule has 1 aromatic carbocycles. The van der Waals surface area contributed by atoms with Crippen LogP contribution in [0.5, 0.6) is 0 Å². The fraction of sp³-hybridized carbons (Fsp3) is 0.381. The summed E-state index contributed by atoms with van der Waals surface area (Å²) in [6, 6.07) is 10.3. The molecule has 4 rings (SSSR count). The van der Waals surface area contributed by atoms with Crippen LogP contribution in [-0.4, -0.2) is 19.7 Å². The zero-order valence-electron chi connectivity index (χ0n) is 15.4. The summed E-state index contributed by atoms with van der Waals surface area (Å²) in [5.74, 6) is 2.49. The highest BCUT2D eigenvalue weighted by molar-refractivity contribution is 7.98. The van der Waals surface area contributed by atoms with Gasteiger partial charge in [0, 0.05) is 29.2 Å². The Labute approximate surface area is 168 Å². The van der Waals surface area contributed by atoms with Crippen LogP contribution in [0.25, 0.3) is 10.6 Å². The molecule has 2 heterocycles. The maximum atomic E-state index is 4.79. The molecule has 3 aromatic rings. The summed E-state index contributed by atoms with van der Waals surface area (Å²) in [7, 11) is 0. The molecule has 1 aliphatic carbocycles. The minimum Gasteiger partial charge on any atom is -0.302 e. The Balaban J connectivity index is 1.47. The molecule has 0 amide bonds. The van der Waals surface area contributed by atoms with Gasteiger partial charge in [-0.05, 0) is 12.8 Å². The van der Waals surface area contributed by atoms with Gasteiger partial charge in [0.25, 0.3) is 0 Å². The van der Waals surface area contributed by atoms with E-state index in [4.69, 9.17) is 4.98 Å². The van der Waals surface area contributed by atoms with Crippen LogP contribution in [0.3, 0.4) is 0 Å². The fourth-order valence-corrected chi connectivity index (χ4v) is 5.37. The molecule has 6 heteroatoms. The molecule has 0 bridgehead atoms.